The number of ether oxygens (including phenoxy) is 4. The summed E-state index contributed by atoms with van der Waals surface area (Å²) in [4.78, 5) is 75.4. The van der Waals surface area contributed by atoms with Gasteiger partial charge >= 0.3 is 18.0 Å². The quantitative estimate of drug-likeness (QED) is 0.0218. The molecule has 4 aromatic carbocycles. The Balaban J connectivity index is 0.738. The number of nitrogens with one attached hydrogen (secondary N) is 2. The smallest absolute Gasteiger partial charge is 0.409 e. The van der Waals surface area contributed by atoms with E-state index < -0.39 is 82.2 Å². The molecule has 4 saturated carbocycles. The third-order valence-corrected chi connectivity index (χ3v) is 19.9. The molecule has 4 bridgehead atoms. The van der Waals surface area contributed by atoms with E-state index >= 15 is 0 Å². The number of rotatable bonds is 24. The standard InChI is InChI=1S/C65H74N8O17S2/c1-36-45(42-19-20-47(69-50(42)57(79)80)39-16-15-37-11-9-12-43(44(37)25-39)55(77)71-60-70-48-13-5-6-14-49(48)91-60)26-68-73(36)35-64-30-62(2)29-63(3,31-64)33-65(32-62,34-64)88-23-22-72(4)61(83)87-27-40-17-18-41(89-59-53(76)51(74)52(75)54(90-59)58(81)82)24-38(40)10-7-8-21-67-56(78)46(66)28-92(84,85)86/h5-6,9,11-20,24-26,46,51-54,59,74-76H,7-8,10,21-23,27-35,66H2,1-4H3,(H,67,78)(H,79,80)(H,81,82)(H,70,71,77)(H,84,85,86)/t46-,51-,52-,53+,54-,59+,62?,63?,64?,65?/m0/s1. The lowest BCUT2D eigenvalue weighted by Gasteiger charge is -2.69. The van der Waals surface area contributed by atoms with E-state index in [9.17, 15) is 57.9 Å². The number of aliphatic hydroxyl groups excluding tert-OH is 3. The summed E-state index contributed by atoms with van der Waals surface area (Å²) in [5.74, 6) is -4.76. The van der Waals surface area contributed by atoms with Crippen LogP contribution in [0.25, 0.3) is 43.4 Å². The average Bonchev–Trinajstić information content (AvgIpc) is 0.695. The number of hydrogen-bond donors (Lipinski definition) is 9. The molecule has 7 aromatic rings. The minimum Gasteiger partial charge on any atom is -0.479 e. The van der Waals surface area contributed by atoms with Gasteiger partial charge in [0.05, 0.1) is 40.1 Å². The Kier molecular flexibility index (Phi) is 18.4. The summed E-state index contributed by atoms with van der Waals surface area (Å²) in [7, 11) is -2.88. The number of pyridine rings is 1. The first-order valence-corrected chi connectivity index (χ1v) is 32.7. The number of fused-ring (bicyclic) bond motifs is 2. The van der Waals surface area contributed by atoms with Crippen LogP contribution in [0.2, 0.25) is 0 Å². The molecule has 1 aliphatic heterocycles. The molecule has 92 heavy (non-hydrogen) atoms. The van der Waals surface area contributed by atoms with Crippen molar-refractivity contribution in [3.8, 4) is 28.1 Å². The van der Waals surface area contributed by atoms with Crippen molar-refractivity contribution in [3.05, 3.63) is 125 Å². The summed E-state index contributed by atoms with van der Waals surface area (Å²) in [6, 6.07) is 25.4. The number of hydrogen-bond acceptors (Lipinski definition) is 19. The fourth-order valence-corrected chi connectivity index (χ4v) is 16.7. The molecule has 10 N–H and O–H groups in total. The van der Waals surface area contributed by atoms with E-state index in [-0.39, 0.29) is 59.9 Å². The molecule has 3 aromatic heterocycles. The maximum atomic E-state index is 13.8. The fraction of sp³-hybridized carbons (Fsp3) is 0.446. The number of aromatic carboxylic acids is 1. The Morgan fingerprint density at radius 3 is 2.35 bits per heavy atom. The van der Waals surface area contributed by atoms with Gasteiger partial charge in [0.1, 0.15) is 36.7 Å². The van der Waals surface area contributed by atoms with Gasteiger partial charge in [0.15, 0.2) is 16.9 Å². The van der Waals surface area contributed by atoms with Crippen LogP contribution in [0.15, 0.2) is 97.2 Å². The minimum absolute atomic E-state index is 0.0441. The van der Waals surface area contributed by atoms with Crippen molar-refractivity contribution in [2.75, 3.05) is 37.8 Å². The van der Waals surface area contributed by atoms with Gasteiger partial charge in [0, 0.05) is 54.6 Å². The number of carbonyl (C=O) groups is 5. The molecule has 25 nitrogen and oxygen atoms in total. The lowest BCUT2D eigenvalue weighted by Crippen LogP contribution is -2.64. The summed E-state index contributed by atoms with van der Waals surface area (Å²) < 4.78 is 58.4. The number of aryl methyl sites for hydroxylation is 1. The number of unbranched alkanes of at least 4 members (excludes halogenated alkanes) is 1. The fourth-order valence-electron chi connectivity index (χ4n) is 15.2. The van der Waals surface area contributed by atoms with Crippen molar-refractivity contribution >= 4 is 77.4 Å². The lowest BCUT2D eigenvalue weighted by atomic mass is 9.39. The zero-order valence-corrected chi connectivity index (χ0v) is 52.7. The Labute approximate surface area is 533 Å². The molecule has 3 amide bonds. The van der Waals surface area contributed by atoms with E-state index in [2.05, 4.69) is 29.5 Å². The molecule has 0 spiro atoms. The Hall–Kier alpha value is -7.99. The van der Waals surface area contributed by atoms with Gasteiger partial charge in [-0.15, -0.1) is 0 Å². The molecule has 4 aliphatic carbocycles. The van der Waals surface area contributed by atoms with Crippen LogP contribution < -0.4 is 21.1 Å². The van der Waals surface area contributed by atoms with E-state index in [0.29, 0.717) is 75.4 Å². The van der Waals surface area contributed by atoms with Gasteiger partial charge in [-0.05, 0) is 151 Å². The highest BCUT2D eigenvalue weighted by Crippen LogP contribution is 2.72. The molecular formula is C65H74N8O17S2. The highest BCUT2D eigenvalue weighted by Gasteiger charge is 2.66. The Bertz CT molecular complexity index is 4070. The number of nitrogens with two attached hydrogens (primary N) is 1. The van der Waals surface area contributed by atoms with Crippen molar-refractivity contribution in [2.24, 2.45) is 22.0 Å². The number of thiazole rings is 1. The number of nitrogens with zero attached hydrogens (tertiary/aromatic N) is 5. The number of benzene rings is 4. The van der Waals surface area contributed by atoms with Crippen molar-refractivity contribution in [1.29, 1.82) is 0 Å². The summed E-state index contributed by atoms with van der Waals surface area (Å²) in [5, 5.41) is 63.8. The van der Waals surface area contributed by atoms with Gasteiger partial charge in [0.2, 0.25) is 12.2 Å². The van der Waals surface area contributed by atoms with Gasteiger partial charge in [-0.2, -0.15) is 13.5 Å². The van der Waals surface area contributed by atoms with Crippen LogP contribution in [0.1, 0.15) is 103 Å². The first-order valence-electron chi connectivity index (χ1n) is 30.3. The number of carboxylic acid groups (broad SMARTS) is 2. The largest absolute Gasteiger partial charge is 0.479 e. The molecular weight excluding hydrogens is 1230 g/mol. The first kappa shape index (κ1) is 65.5. The van der Waals surface area contributed by atoms with Crippen molar-refractivity contribution in [1.82, 2.24) is 30.0 Å². The molecule has 488 valence electrons. The number of aliphatic hydroxyl groups is 3. The van der Waals surface area contributed by atoms with Crippen molar-refractivity contribution in [2.45, 2.75) is 134 Å². The second-order valence-corrected chi connectivity index (χ2v) is 28.5. The minimum atomic E-state index is -4.49. The van der Waals surface area contributed by atoms with Crippen LogP contribution in [-0.2, 0) is 53.5 Å². The monoisotopic (exact) mass is 1300 g/mol. The molecule has 27 heteroatoms. The normalized spacial score (nSPS) is 25.3. The lowest BCUT2D eigenvalue weighted by molar-refractivity contribution is -0.271. The molecule has 1 saturated heterocycles. The summed E-state index contributed by atoms with van der Waals surface area (Å²) in [6.07, 6.45) is -1.72. The van der Waals surface area contributed by atoms with Crippen LogP contribution in [0, 0.1) is 23.2 Å². The summed E-state index contributed by atoms with van der Waals surface area (Å²) in [6.45, 7) is 7.51. The number of carbonyl (C=O) groups excluding carboxylic acids is 3. The van der Waals surface area contributed by atoms with Crippen LogP contribution in [-0.4, -0.2) is 168 Å². The highest BCUT2D eigenvalue weighted by atomic mass is 32.2. The number of aliphatic carboxylic acids is 1. The number of aromatic nitrogens is 4. The predicted molar refractivity (Wildman–Crippen MR) is 337 cm³/mol. The third-order valence-electron chi connectivity index (χ3n) is 18.2. The summed E-state index contributed by atoms with van der Waals surface area (Å²) >= 11 is 1.39. The molecule has 2 unspecified atom stereocenters. The molecule has 12 rings (SSSR count). The third kappa shape index (κ3) is 14.2. The topological polar surface area (TPSA) is 375 Å². The van der Waals surface area contributed by atoms with Gasteiger partial charge in [-0.1, -0.05) is 67.6 Å². The zero-order valence-electron chi connectivity index (χ0n) is 51.1. The molecule has 0 radical (unpaired) electrons. The molecule has 5 aliphatic rings. The van der Waals surface area contributed by atoms with E-state index in [1.54, 1.807) is 43.6 Å². The second kappa shape index (κ2) is 25.8. The van der Waals surface area contributed by atoms with E-state index in [1.165, 1.54) is 22.3 Å². The average molecular weight is 1300 g/mol. The van der Waals surface area contributed by atoms with E-state index in [0.717, 1.165) is 59.8 Å². The zero-order chi connectivity index (χ0) is 65.7. The van der Waals surface area contributed by atoms with E-state index in [1.807, 2.05) is 66.2 Å². The Morgan fingerprint density at radius 2 is 1.62 bits per heavy atom. The van der Waals surface area contributed by atoms with Gasteiger partial charge in [-0.3, -0.25) is 24.1 Å². The Morgan fingerprint density at radius 1 is 0.859 bits per heavy atom. The summed E-state index contributed by atoms with van der Waals surface area (Å²) in [5.41, 5.74) is 9.98. The number of amides is 3. The van der Waals surface area contributed by atoms with Crippen LogP contribution >= 0.6 is 11.3 Å². The van der Waals surface area contributed by atoms with Gasteiger partial charge in [-0.25, -0.2) is 24.4 Å². The number of likely N-dealkylation sites (N-methyl/N-ethyl adjacent to an activating group) is 1. The second-order valence-electron chi connectivity index (χ2n) is 26.0. The molecule has 4 heterocycles. The predicted octanol–water partition coefficient (Wildman–Crippen LogP) is 6.96. The number of carboxylic acids is 2. The van der Waals surface area contributed by atoms with Crippen molar-refractivity contribution in [3.63, 3.8) is 0 Å². The van der Waals surface area contributed by atoms with Crippen LogP contribution in [0.3, 0.4) is 0 Å². The molecule has 5 fully saturated rings. The first-order chi connectivity index (χ1) is 43.6. The molecule has 8 atom stereocenters. The van der Waals surface area contributed by atoms with Crippen molar-refractivity contribution < 1.29 is 81.4 Å². The highest BCUT2D eigenvalue weighted by molar-refractivity contribution is 7.85. The maximum Gasteiger partial charge on any atom is 0.409 e. The number of para-hydroxylation sites is 1. The van der Waals surface area contributed by atoms with Gasteiger partial charge < -0.3 is 60.4 Å². The van der Waals surface area contributed by atoms with Crippen LogP contribution in [0.4, 0.5) is 9.93 Å². The van der Waals surface area contributed by atoms with Gasteiger partial charge in [0.25, 0.3) is 16.0 Å². The SMILES string of the molecule is Cc1c(-c2ccc(-c3ccc4cccc(C(=O)Nc5nc6ccccc6s5)c4c3)nc2C(=O)O)cnn1CC12CC3(C)CC(C)(C1)CC(OCCN(C)C(=O)OCc1ccc(O[C@@H]4O[C@H](C(=O)O)[C@@H](O)[C@H](O)[C@H]4O)cc1CCCCNC(=O)[C@@H](N)CS(=O)(=O)O)(C3)C2. The number of anilines is 1. The van der Waals surface area contributed by atoms with Crippen LogP contribution in [0.5, 0.6) is 5.75 Å². The van der Waals surface area contributed by atoms with E-state index in [4.69, 9.17) is 39.3 Å². The maximum absolute atomic E-state index is 13.8.